The van der Waals surface area contributed by atoms with Crippen LogP contribution in [0.3, 0.4) is 0 Å². The predicted molar refractivity (Wildman–Crippen MR) is 122 cm³/mol. The summed E-state index contributed by atoms with van der Waals surface area (Å²) in [5.74, 6) is -0.863. The van der Waals surface area contributed by atoms with E-state index in [1.165, 1.54) is 24.3 Å². The van der Waals surface area contributed by atoms with Crippen LogP contribution in [0.15, 0.2) is 82.9 Å². The number of carbonyl (C=O) groups excluding carboxylic acids is 1. The van der Waals surface area contributed by atoms with Gasteiger partial charge in [0, 0.05) is 23.3 Å². The van der Waals surface area contributed by atoms with Crippen molar-refractivity contribution in [3.05, 3.63) is 89.0 Å². The van der Waals surface area contributed by atoms with E-state index in [9.17, 15) is 18.1 Å². The van der Waals surface area contributed by atoms with Gasteiger partial charge in [0.2, 0.25) is 0 Å². The molecule has 0 fully saturated rings. The normalized spacial score (nSPS) is 11.3. The van der Waals surface area contributed by atoms with E-state index >= 15 is 0 Å². The molecule has 0 aliphatic heterocycles. The van der Waals surface area contributed by atoms with Gasteiger partial charge in [-0.2, -0.15) is 0 Å². The molecule has 32 heavy (non-hydrogen) atoms. The van der Waals surface area contributed by atoms with Gasteiger partial charge in [0.25, 0.3) is 15.9 Å². The highest BCUT2D eigenvalue weighted by atomic mass is 32.2. The zero-order valence-corrected chi connectivity index (χ0v) is 17.5. The topological polar surface area (TPSA) is 147 Å². The van der Waals surface area contributed by atoms with Gasteiger partial charge in [-0.05, 0) is 53.2 Å². The Kier molecular flexibility index (Phi) is 5.71. The quantitative estimate of drug-likeness (QED) is 0.315. The molecule has 0 atom stereocenters. The molecule has 9 nitrogen and oxygen atoms in total. The number of nitrogens with zero attached hydrogens (tertiary/aromatic N) is 1. The summed E-state index contributed by atoms with van der Waals surface area (Å²) in [5.41, 5.74) is 8.35. The Morgan fingerprint density at radius 3 is 2.50 bits per heavy atom. The molecule has 1 amide bonds. The van der Waals surface area contributed by atoms with E-state index in [0.717, 1.165) is 11.3 Å². The number of carbonyl (C=O) groups is 1. The van der Waals surface area contributed by atoms with Crippen molar-refractivity contribution in [1.29, 1.82) is 0 Å². The van der Waals surface area contributed by atoms with Crippen LogP contribution in [0.5, 0.6) is 0 Å². The monoisotopic (exact) mass is 449 g/mol. The minimum atomic E-state index is -4.06. The van der Waals surface area contributed by atoms with Crippen LogP contribution in [0.4, 0.5) is 17.1 Å². The molecule has 0 unspecified atom stereocenters. The van der Waals surface area contributed by atoms with Gasteiger partial charge in [0.1, 0.15) is 11.4 Å². The molecule has 0 aliphatic carbocycles. The lowest BCUT2D eigenvalue weighted by molar-refractivity contribution is 0.0977. The van der Waals surface area contributed by atoms with Crippen molar-refractivity contribution >= 4 is 43.9 Å². The maximum atomic E-state index is 12.7. The van der Waals surface area contributed by atoms with Crippen molar-refractivity contribution in [2.45, 2.75) is 11.4 Å². The highest BCUT2D eigenvalue weighted by Crippen LogP contribution is 2.34. The number of hydrogen-bond donors (Lipinski definition) is 4. The first-order valence-electron chi connectivity index (χ1n) is 9.58. The smallest absolute Gasteiger partial charge is 0.281 e. The summed E-state index contributed by atoms with van der Waals surface area (Å²) >= 11 is 0. The number of sulfonamides is 1. The largest absolute Gasteiger partial charge is 0.355 e. The van der Waals surface area contributed by atoms with Crippen molar-refractivity contribution in [3.63, 3.8) is 0 Å². The Balaban J connectivity index is 1.70. The molecule has 162 valence electrons. The summed E-state index contributed by atoms with van der Waals surface area (Å²) in [6.07, 6.45) is 0. The number of aromatic nitrogens is 1. The second-order valence-electron chi connectivity index (χ2n) is 6.97. The van der Waals surface area contributed by atoms with Crippen LogP contribution < -0.4 is 15.8 Å². The minimum Gasteiger partial charge on any atom is -0.355 e. The van der Waals surface area contributed by atoms with Gasteiger partial charge >= 0.3 is 0 Å². The number of nitrogens with one attached hydrogen (secondary N) is 3. The van der Waals surface area contributed by atoms with Crippen molar-refractivity contribution in [1.82, 2.24) is 9.71 Å². The fourth-order valence-corrected chi connectivity index (χ4v) is 4.27. The van der Waals surface area contributed by atoms with Gasteiger partial charge in [-0.1, -0.05) is 30.3 Å². The molecule has 3 aromatic carbocycles. The van der Waals surface area contributed by atoms with Gasteiger partial charge in [-0.15, -0.1) is 4.91 Å². The second-order valence-corrected chi connectivity index (χ2v) is 8.65. The standard InChI is InChI=1S/C22H19N5O4S/c23-13-14-5-4-6-15(11-14)24-18-9-10-19(26-29)21-17(18)12-20(25-21)22(28)27-32(30,31)16-7-2-1-3-8-16/h1-12,24-25H,13,23H2,(H,27,28). The Hall–Kier alpha value is -4.02. The van der Waals surface area contributed by atoms with E-state index < -0.39 is 15.9 Å². The first kappa shape index (κ1) is 21.2. The summed E-state index contributed by atoms with van der Waals surface area (Å²) in [5, 5.41) is 6.73. The molecule has 4 aromatic rings. The number of benzene rings is 3. The molecule has 10 heteroatoms. The predicted octanol–water partition coefficient (Wildman–Crippen LogP) is 3.89. The van der Waals surface area contributed by atoms with Crippen LogP contribution in [0.1, 0.15) is 16.1 Å². The van der Waals surface area contributed by atoms with E-state index in [-0.39, 0.29) is 16.3 Å². The average Bonchev–Trinajstić information content (AvgIpc) is 3.26. The number of H-pyrrole nitrogens is 1. The molecule has 0 radical (unpaired) electrons. The SMILES string of the molecule is NCc1cccc(Nc2ccc(N=O)c3[nH]c(C(=O)NS(=O)(=O)c4ccccc4)cc23)c1. The van der Waals surface area contributed by atoms with Crippen LogP contribution in [0.25, 0.3) is 10.9 Å². The third-order valence-electron chi connectivity index (χ3n) is 4.84. The number of amides is 1. The van der Waals surface area contributed by atoms with Gasteiger partial charge in [0.15, 0.2) is 0 Å². The molecule has 5 N–H and O–H groups in total. The van der Waals surface area contributed by atoms with Crippen LogP contribution >= 0.6 is 0 Å². The lowest BCUT2D eigenvalue weighted by atomic mass is 10.1. The zero-order valence-electron chi connectivity index (χ0n) is 16.7. The summed E-state index contributed by atoms with van der Waals surface area (Å²) < 4.78 is 27.0. The van der Waals surface area contributed by atoms with E-state index in [1.54, 1.807) is 24.3 Å². The van der Waals surface area contributed by atoms with Crippen molar-refractivity contribution < 1.29 is 13.2 Å². The zero-order chi connectivity index (χ0) is 22.7. The summed E-state index contributed by atoms with van der Waals surface area (Å²) in [6, 6.07) is 19.7. The van der Waals surface area contributed by atoms with E-state index in [1.807, 2.05) is 29.0 Å². The molecule has 0 bridgehead atoms. The van der Waals surface area contributed by atoms with Crippen molar-refractivity contribution in [2.75, 3.05) is 5.32 Å². The Morgan fingerprint density at radius 1 is 1.00 bits per heavy atom. The van der Waals surface area contributed by atoms with Gasteiger partial charge in [0.05, 0.1) is 10.4 Å². The number of anilines is 2. The third-order valence-corrected chi connectivity index (χ3v) is 6.18. The van der Waals surface area contributed by atoms with Crippen molar-refractivity contribution in [3.8, 4) is 0 Å². The first-order chi connectivity index (χ1) is 15.4. The van der Waals surface area contributed by atoms with Crippen LogP contribution in [0, 0.1) is 4.91 Å². The summed E-state index contributed by atoms with van der Waals surface area (Å²) in [6.45, 7) is 0.378. The van der Waals surface area contributed by atoms with E-state index in [0.29, 0.717) is 23.1 Å². The van der Waals surface area contributed by atoms with Crippen LogP contribution in [0.2, 0.25) is 0 Å². The molecule has 0 aliphatic rings. The van der Waals surface area contributed by atoms with Crippen molar-refractivity contribution in [2.24, 2.45) is 10.9 Å². The molecule has 0 spiro atoms. The number of nitrogens with two attached hydrogens (primary N) is 1. The fraction of sp³-hybridized carbons (Fsp3) is 0.0455. The van der Waals surface area contributed by atoms with Gasteiger partial charge in [-0.25, -0.2) is 13.1 Å². The average molecular weight is 449 g/mol. The van der Waals surface area contributed by atoms with Gasteiger partial charge < -0.3 is 16.0 Å². The number of fused-ring (bicyclic) bond motifs is 1. The number of aromatic amines is 1. The van der Waals surface area contributed by atoms with Gasteiger partial charge in [-0.3, -0.25) is 4.79 Å². The highest BCUT2D eigenvalue weighted by Gasteiger charge is 2.21. The Labute approximate surface area is 183 Å². The second kappa shape index (κ2) is 8.61. The molecule has 0 saturated carbocycles. The Bertz CT molecular complexity index is 1420. The van der Waals surface area contributed by atoms with E-state index in [2.05, 4.69) is 15.5 Å². The van der Waals surface area contributed by atoms with Crippen LogP contribution in [-0.2, 0) is 16.6 Å². The maximum Gasteiger partial charge on any atom is 0.281 e. The maximum absolute atomic E-state index is 12.7. The summed E-state index contributed by atoms with van der Waals surface area (Å²) in [7, 11) is -4.06. The molecular weight excluding hydrogens is 430 g/mol. The molecule has 0 saturated heterocycles. The molecule has 4 rings (SSSR count). The minimum absolute atomic E-state index is 0.0330. The molecular formula is C22H19N5O4S. The third kappa shape index (κ3) is 4.22. The Morgan fingerprint density at radius 2 is 1.78 bits per heavy atom. The molecule has 1 heterocycles. The first-order valence-corrected chi connectivity index (χ1v) is 11.1. The number of hydrogen-bond acceptors (Lipinski definition) is 7. The lowest BCUT2D eigenvalue weighted by Gasteiger charge is -2.09. The summed E-state index contributed by atoms with van der Waals surface area (Å²) in [4.78, 5) is 26.7. The number of rotatable bonds is 7. The lowest BCUT2D eigenvalue weighted by Crippen LogP contribution is -2.30. The fourth-order valence-electron chi connectivity index (χ4n) is 3.28. The van der Waals surface area contributed by atoms with E-state index in [4.69, 9.17) is 5.73 Å². The number of nitroso groups, excluding NO2 is 1. The molecule has 1 aromatic heterocycles. The highest BCUT2D eigenvalue weighted by molar-refractivity contribution is 7.90. The van der Waals surface area contributed by atoms with Crippen LogP contribution in [-0.4, -0.2) is 19.3 Å².